The van der Waals surface area contributed by atoms with Crippen molar-refractivity contribution < 1.29 is 4.92 Å². The van der Waals surface area contributed by atoms with Gasteiger partial charge in [0.05, 0.1) is 32.9 Å². The summed E-state index contributed by atoms with van der Waals surface area (Å²) in [5.41, 5.74) is 2.95. The van der Waals surface area contributed by atoms with Crippen molar-refractivity contribution in [2.24, 2.45) is 14.1 Å². The Kier molecular flexibility index (Phi) is 4.73. The Morgan fingerprint density at radius 1 is 1.03 bits per heavy atom. The fourth-order valence-corrected chi connectivity index (χ4v) is 3.85. The van der Waals surface area contributed by atoms with E-state index in [4.69, 9.17) is 0 Å². The average molecular weight is 419 g/mol. The summed E-state index contributed by atoms with van der Waals surface area (Å²) in [6.07, 6.45) is 1.68. The number of nitro groups is 1. The molecule has 4 aromatic rings. The van der Waals surface area contributed by atoms with E-state index in [9.17, 15) is 19.7 Å². The highest BCUT2D eigenvalue weighted by Gasteiger charge is 2.22. The molecule has 0 aliphatic heterocycles. The van der Waals surface area contributed by atoms with E-state index < -0.39 is 16.2 Å². The molecule has 0 bridgehead atoms. The topological polar surface area (TPSA) is 104 Å². The van der Waals surface area contributed by atoms with Crippen molar-refractivity contribution in [2.75, 3.05) is 12.4 Å². The summed E-state index contributed by atoms with van der Waals surface area (Å²) < 4.78 is 4.21. The Morgan fingerprint density at radius 2 is 1.77 bits per heavy atom. The Morgan fingerprint density at radius 3 is 2.42 bits per heavy atom. The number of nitro benzene ring substituents is 1. The van der Waals surface area contributed by atoms with Crippen LogP contribution in [0.4, 0.5) is 11.4 Å². The number of aryl methyl sites for hydroxylation is 2. The third-order valence-corrected chi connectivity index (χ3v) is 5.45. The Labute approximate surface area is 176 Å². The zero-order valence-corrected chi connectivity index (χ0v) is 17.5. The SMILES string of the molecule is CNc1ccc([N+](=O)[O-])cc1-n1cc2c(c1-c1cccc(C)c1)c(=O)n(C)c(=O)n2C. The number of hydrogen-bond donors (Lipinski definition) is 1. The standard InChI is InChI=1S/C22H21N5O4/c1-13-6-5-7-14(10-13)20-19-18(24(3)22(29)25(4)21(19)28)12-26(20)17-11-15(27(30)31)8-9-16(17)23-2/h5-12,23H,1-4H3. The minimum absolute atomic E-state index is 0.0799. The van der Waals surface area contributed by atoms with Crippen molar-refractivity contribution in [3.63, 3.8) is 0 Å². The van der Waals surface area contributed by atoms with Crippen molar-refractivity contribution in [1.29, 1.82) is 0 Å². The van der Waals surface area contributed by atoms with Crippen LogP contribution in [0.1, 0.15) is 5.56 Å². The fraction of sp³-hybridized carbons (Fsp3) is 0.182. The van der Waals surface area contributed by atoms with Gasteiger partial charge in [-0.25, -0.2) is 4.79 Å². The maximum absolute atomic E-state index is 13.2. The predicted molar refractivity (Wildman–Crippen MR) is 120 cm³/mol. The van der Waals surface area contributed by atoms with Crippen molar-refractivity contribution in [1.82, 2.24) is 13.7 Å². The molecule has 4 rings (SSSR count). The lowest BCUT2D eigenvalue weighted by atomic mass is 10.1. The molecule has 2 heterocycles. The molecule has 0 saturated carbocycles. The summed E-state index contributed by atoms with van der Waals surface area (Å²) in [5, 5.41) is 14.8. The van der Waals surface area contributed by atoms with E-state index in [1.54, 1.807) is 30.9 Å². The first-order valence-electron chi connectivity index (χ1n) is 9.59. The number of rotatable bonds is 4. The second-order valence-corrected chi connectivity index (χ2v) is 7.39. The first kappa shape index (κ1) is 20.1. The van der Waals surface area contributed by atoms with E-state index in [2.05, 4.69) is 5.32 Å². The molecule has 158 valence electrons. The van der Waals surface area contributed by atoms with Crippen LogP contribution >= 0.6 is 0 Å². The van der Waals surface area contributed by atoms with E-state index in [-0.39, 0.29) is 5.69 Å². The van der Waals surface area contributed by atoms with Crippen LogP contribution < -0.4 is 16.6 Å². The molecule has 31 heavy (non-hydrogen) atoms. The number of aromatic nitrogens is 3. The molecule has 0 saturated heterocycles. The van der Waals surface area contributed by atoms with Crippen molar-refractivity contribution in [2.45, 2.75) is 6.92 Å². The monoisotopic (exact) mass is 419 g/mol. The van der Waals surface area contributed by atoms with Gasteiger partial charge < -0.3 is 9.88 Å². The molecular weight excluding hydrogens is 398 g/mol. The predicted octanol–water partition coefficient (Wildman–Crippen LogP) is 2.95. The third-order valence-electron chi connectivity index (χ3n) is 5.45. The second-order valence-electron chi connectivity index (χ2n) is 7.39. The van der Waals surface area contributed by atoms with Gasteiger partial charge in [-0.3, -0.25) is 24.0 Å². The fourth-order valence-electron chi connectivity index (χ4n) is 3.85. The molecule has 2 aromatic carbocycles. The molecule has 9 nitrogen and oxygen atoms in total. The van der Waals surface area contributed by atoms with Gasteiger partial charge in [-0.15, -0.1) is 0 Å². The van der Waals surface area contributed by atoms with Crippen LogP contribution in [0.3, 0.4) is 0 Å². The zero-order chi connectivity index (χ0) is 22.4. The number of nitrogens with zero attached hydrogens (tertiary/aromatic N) is 4. The summed E-state index contributed by atoms with van der Waals surface area (Å²) in [5.74, 6) is 0. The minimum atomic E-state index is -0.465. The molecule has 0 fully saturated rings. The van der Waals surface area contributed by atoms with E-state index in [1.807, 2.05) is 31.2 Å². The molecule has 0 aliphatic carbocycles. The van der Waals surface area contributed by atoms with Crippen LogP contribution in [-0.4, -0.2) is 25.7 Å². The highest BCUT2D eigenvalue weighted by molar-refractivity contribution is 5.95. The molecule has 1 N–H and O–H groups in total. The van der Waals surface area contributed by atoms with E-state index in [0.717, 1.165) is 15.7 Å². The summed E-state index contributed by atoms with van der Waals surface area (Å²) in [7, 11) is 4.75. The van der Waals surface area contributed by atoms with E-state index >= 15 is 0 Å². The number of non-ortho nitro benzene ring substituents is 1. The van der Waals surface area contributed by atoms with Gasteiger partial charge in [0.25, 0.3) is 11.2 Å². The first-order chi connectivity index (χ1) is 14.7. The minimum Gasteiger partial charge on any atom is -0.386 e. The molecule has 0 unspecified atom stereocenters. The lowest BCUT2D eigenvalue weighted by Crippen LogP contribution is -2.36. The molecule has 9 heteroatoms. The number of hydrogen-bond acceptors (Lipinski definition) is 5. The normalized spacial score (nSPS) is 11.1. The van der Waals surface area contributed by atoms with Crippen LogP contribution in [0, 0.1) is 17.0 Å². The van der Waals surface area contributed by atoms with Crippen LogP contribution in [0.2, 0.25) is 0 Å². The van der Waals surface area contributed by atoms with Gasteiger partial charge in [-0.2, -0.15) is 0 Å². The summed E-state index contributed by atoms with van der Waals surface area (Å²) in [6, 6.07) is 12.1. The highest BCUT2D eigenvalue weighted by Crippen LogP contribution is 2.35. The van der Waals surface area contributed by atoms with Crippen molar-refractivity contribution in [3.8, 4) is 16.9 Å². The van der Waals surface area contributed by atoms with Crippen LogP contribution in [-0.2, 0) is 14.1 Å². The van der Waals surface area contributed by atoms with Gasteiger partial charge in [-0.05, 0) is 24.6 Å². The third kappa shape index (κ3) is 3.10. The summed E-state index contributed by atoms with van der Waals surface area (Å²) >= 11 is 0. The lowest BCUT2D eigenvalue weighted by molar-refractivity contribution is -0.384. The zero-order valence-electron chi connectivity index (χ0n) is 17.5. The largest absolute Gasteiger partial charge is 0.386 e. The number of benzene rings is 2. The van der Waals surface area contributed by atoms with Gasteiger partial charge in [0.15, 0.2) is 0 Å². The molecular formula is C22H21N5O4. The van der Waals surface area contributed by atoms with Gasteiger partial charge in [0.1, 0.15) is 0 Å². The Balaban J connectivity index is 2.23. The van der Waals surface area contributed by atoms with E-state index in [1.165, 1.54) is 23.7 Å². The number of anilines is 1. The van der Waals surface area contributed by atoms with Crippen LogP contribution in [0.15, 0.2) is 58.3 Å². The first-order valence-corrected chi connectivity index (χ1v) is 9.59. The molecule has 0 aliphatic rings. The Bertz CT molecular complexity index is 1480. The lowest BCUT2D eigenvalue weighted by Gasteiger charge is -2.14. The molecule has 2 aromatic heterocycles. The van der Waals surface area contributed by atoms with E-state index in [0.29, 0.717) is 28.0 Å². The maximum atomic E-state index is 13.2. The Hall–Kier alpha value is -4.14. The summed E-state index contributed by atoms with van der Waals surface area (Å²) in [6.45, 7) is 1.94. The smallest absolute Gasteiger partial charge is 0.330 e. The van der Waals surface area contributed by atoms with Gasteiger partial charge in [0, 0.05) is 39.5 Å². The van der Waals surface area contributed by atoms with Gasteiger partial charge in [-0.1, -0.05) is 23.8 Å². The van der Waals surface area contributed by atoms with Crippen molar-refractivity contribution in [3.05, 3.63) is 85.2 Å². The molecule has 0 spiro atoms. The van der Waals surface area contributed by atoms with Gasteiger partial charge >= 0.3 is 5.69 Å². The summed E-state index contributed by atoms with van der Waals surface area (Å²) in [4.78, 5) is 36.7. The quantitative estimate of drug-likeness (QED) is 0.405. The average Bonchev–Trinajstić information content (AvgIpc) is 3.16. The molecule has 0 amide bonds. The maximum Gasteiger partial charge on any atom is 0.330 e. The number of nitrogens with one attached hydrogen (secondary N) is 1. The van der Waals surface area contributed by atoms with Gasteiger partial charge in [0.2, 0.25) is 0 Å². The van der Waals surface area contributed by atoms with Crippen LogP contribution in [0.25, 0.3) is 27.8 Å². The molecule has 0 atom stereocenters. The van der Waals surface area contributed by atoms with Crippen LogP contribution in [0.5, 0.6) is 0 Å². The highest BCUT2D eigenvalue weighted by atomic mass is 16.6. The molecule has 0 radical (unpaired) electrons. The van der Waals surface area contributed by atoms with Crippen molar-refractivity contribution >= 4 is 22.3 Å². The number of fused-ring (bicyclic) bond motifs is 1. The second kappa shape index (κ2) is 7.28.